The van der Waals surface area contributed by atoms with E-state index in [2.05, 4.69) is 24.4 Å². The fourth-order valence-electron chi connectivity index (χ4n) is 4.37. The molecule has 1 aliphatic rings. The van der Waals surface area contributed by atoms with Crippen LogP contribution in [-0.2, 0) is 6.42 Å². The predicted molar refractivity (Wildman–Crippen MR) is 149 cm³/mol. The normalized spacial score (nSPS) is 13.1. The monoisotopic (exact) mass is 509 g/mol. The number of para-hydroxylation sites is 1. The maximum Gasteiger partial charge on any atom is 0.272 e. The van der Waals surface area contributed by atoms with Crippen molar-refractivity contribution in [3.05, 3.63) is 83.9 Å². The number of carbonyl (C=O) groups is 1. The summed E-state index contributed by atoms with van der Waals surface area (Å²) in [5.41, 5.74) is 6.68. The average Bonchev–Trinajstić information content (AvgIpc) is 3.41. The van der Waals surface area contributed by atoms with Crippen LogP contribution in [0.3, 0.4) is 0 Å². The quantitative estimate of drug-likeness (QED) is 0.152. The minimum atomic E-state index is -0.285. The minimum Gasteiger partial charge on any atom is -0.494 e. The number of aromatic nitrogens is 1. The van der Waals surface area contributed by atoms with E-state index >= 15 is 0 Å². The molecular weight excluding hydrogens is 478 g/mol. The first-order valence-corrected chi connectivity index (χ1v) is 13.0. The minimum absolute atomic E-state index is 0.107. The second-order valence-electron chi connectivity index (χ2n) is 9.39. The highest BCUT2D eigenvalue weighted by Gasteiger charge is 2.15. The number of nitrogens with one attached hydrogen (secondary N) is 1. The molecule has 0 aliphatic carbocycles. The molecule has 2 heterocycles. The summed E-state index contributed by atoms with van der Waals surface area (Å²) in [5.74, 6) is 2.14. The van der Waals surface area contributed by atoms with E-state index in [4.69, 9.17) is 19.2 Å². The molecule has 0 fully saturated rings. The number of rotatable bonds is 10. The van der Waals surface area contributed by atoms with Gasteiger partial charge in [0.25, 0.3) is 5.91 Å². The summed E-state index contributed by atoms with van der Waals surface area (Å²) in [6.07, 6.45) is 4.58. The van der Waals surface area contributed by atoms with Gasteiger partial charge in [0.2, 0.25) is 6.79 Å². The van der Waals surface area contributed by atoms with Crippen LogP contribution in [0.4, 0.5) is 0 Å². The molecule has 5 rings (SSSR count). The van der Waals surface area contributed by atoms with Crippen molar-refractivity contribution >= 4 is 23.0 Å². The first kappa shape index (κ1) is 25.3. The Balaban J connectivity index is 1.31. The van der Waals surface area contributed by atoms with Crippen molar-refractivity contribution < 1.29 is 19.0 Å². The highest BCUT2D eigenvalue weighted by atomic mass is 16.7. The van der Waals surface area contributed by atoms with Crippen LogP contribution in [0.5, 0.6) is 17.2 Å². The summed E-state index contributed by atoms with van der Waals surface area (Å²) in [7, 11) is 0. The van der Waals surface area contributed by atoms with Crippen LogP contribution in [0.25, 0.3) is 22.2 Å². The standard InChI is InChI=1S/C31H31N3O4/c1-3-4-14-36-24-9-7-8-23(17-24)28-18-26(25-10-5-6-11-27(25)33-28)31(35)34-32-19-21(2)15-22-12-13-29-30(16-22)38-20-37-29/h5-13,16-19,21H,3-4,14-15,20H2,1-2H3,(H,34,35). The van der Waals surface area contributed by atoms with Crippen LogP contribution >= 0.6 is 0 Å². The van der Waals surface area contributed by atoms with Gasteiger partial charge in [-0.2, -0.15) is 5.10 Å². The van der Waals surface area contributed by atoms with Crippen molar-refractivity contribution in [2.75, 3.05) is 13.4 Å². The number of hydrazone groups is 1. The molecule has 3 aromatic carbocycles. The van der Waals surface area contributed by atoms with Gasteiger partial charge >= 0.3 is 0 Å². The first-order chi connectivity index (χ1) is 18.6. The van der Waals surface area contributed by atoms with E-state index in [-0.39, 0.29) is 18.6 Å². The lowest BCUT2D eigenvalue weighted by Gasteiger charge is -2.11. The molecule has 1 N–H and O–H groups in total. The van der Waals surface area contributed by atoms with E-state index in [0.29, 0.717) is 17.9 Å². The Morgan fingerprint density at radius 1 is 1.08 bits per heavy atom. The van der Waals surface area contributed by atoms with Crippen LogP contribution in [-0.4, -0.2) is 30.5 Å². The van der Waals surface area contributed by atoms with Crippen LogP contribution < -0.4 is 19.6 Å². The van der Waals surface area contributed by atoms with Crippen molar-refractivity contribution in [2.24, 2.45) is 11.0 Å². The van der Waals surface area contributed by atoms with Crippen molar-refractivity contribution in [1.82, 2.24) is 10.4 Å². The Morgan fingerprint density at radius 3 is 2.84 bits per heavy atom. The predicted octanol–water partition coefficient (Wildman–Crippen LogP) is 6.40. The molecule has 194 valence electrons. The molecule has 0 spiro atoms. The largest absolute Gasteiger partial charge is 0.494 e. The zero-order chi connectivity index (χ0) is 26.3. The Bertz CT molecular complexity index is 1470. The molecule has 7 nitrogen and oxygen atoms in total. The molecule has 1 atom stereocenters. The van der Waals surface area contributed by atoms with E-state index < -0.39 is 0 Å². The molecule has 4 aromatic rings. The smallest absolute Gasteiger partial charge is 0.272 e. The summed E-state index contributed by atoms with van der Waals surface area (Å²) in [4.78, 5) is 18.1. The van der Waals surface area contributed by atoms with E-state index in [1.54, 1.807) is 6.21 Å². The Kier molecular flexibility index (Phi) is 7.83. The fraction of sp³-hybridized carbons (Fsp3) is 0.258. The van der Waals surface area contributed by atoms with Gasteiger partial charge in [0.15, 0.2) is 11.5 Å². The summed E-state index contributed by atoms with van der Waals surface area (Å²) in [6, 6.07) is 23.2. The average molecular weight is 510 g/mol. The zero-order valence-electron chi connectivity index (χ0n) is 21.6. The van der Waals surface area contributed by atoms with Gasteiger partial charge in [-0.05, 0) is 60.7 Å². The first-order valence-electron chi connectivity index (χ1n) is 13.0. The van der Waals surface area contributed by atoms with E-state index in [1.807, 2.05) is 72.8 Å². The third-order valence-corrected chi connectivity index (χ3v) is 6.35. The Morgan fingerprint density at radius 2 is 1.95 bits per heavy atom. The molecule has 0 saturated heterocycles. The van der Waals surface area contributed by atoms with E-state index in [1.165, 1.54) is 0 Å². The molecular formula is C31H31N3O4. The van der Waals surface area contributed by atoms with Crippen LogP contribution in [0, 0.1) is 5.92 Å². The number of pyridine rings is 1. The number of ether oxygens (including phenoxy) is 3. The molecule has 0 saturated carbocycles. The second-order valence-corrected chi connectivity index (χ2v) is 9.39. The molecule has 1 unspecified atom stereocenters. The second kappa shape index (κ2) is 11.8. The third-order valence-electron chi connectivity index (χ3n) is 6.35. The number of unbranched alkanes of at least 4 members (excludes halogenated alkanes) is 1. The van der Waals surface area contributed by atoms with Crippen LogP contribution in [0.15, 0.2) is 77.9 Å². The highest BCUT2D eigenvalue weighted by Crippen LogP contribution is 2.33. The van der Waals surface area contributed by atoms with Gasteiger partial charge in [-0.15, -0.1) is 0 Å². The number of benzene rings is 3. The molecule has 1 aromatic heterocycles. The Hall–Kier alpha value is -4.39. The Labute approximate surface area is 222 Å². The van der Waals surface area contributed by atoms with Crippen molar-refractivity contribution in [3.63, 3.8) is 0 Å². The summed E-state index contributed by atoms with van der Waals surface area (Å²) < 4.78 is 16.7. The molecule has 0 bridgehead atoms. The third kappa shape index (κ3) is 5.94. The van der Waals surface area contributed by atoms with Gasteiger partial charge in [0.05, 0.1) is 23.4 Å². The number of carbonyl (C=O) groups excluding carboxylic acids is 1. The van der Waals surface area contributed by atoms with Crippen molar-refractivity contribution in [3.8, 4) is 28.5 Å². The van der Waals surface area contributed by atoms with Gasteiger partial charge in [-0.1, -0.05) is 56.7 Å². The molecule has 0 radical (unpaired) electrons. The number of fused-ring (bicyclic) bond motifs is 2. The van der Waals surface area contributed by atoms with Crippen LogP contribution in [0.1, 0.15) is 42.6 Å². The number of amides is 1. The lowest BCUT2D eigenvalue weighted by Crippen LogP contribution is -2.19. The van der Waals surface area contributed by atoms with Crippen molar-refractivity contribution in [2.45, 2.75) is 33.1 Å². The molecule has 7 heteroatoms. The number of hydrogen-bond acceptors (Lipinski definition) is 6. The molecule has 1 aliphatic heterocycles. The van der Waals surface area contributed by atoms with Crippen LogP contribution in [0.2, 0.25) is 0 Å². The zero-order valence-corrected chi connectivity index (χ0v) is 21.6. The van der Waals surface area contributed by atoms with Gasteiger partial charge in [0.1, 0.15) is 5.75 Å². The summed E-state index contributed by atoms with van der Waals surface area (Å²) in [5, 5.41) is 5.03. The van der Waals surface area contributed by atoms with Gasteiger partial charge in [-0.25, -0.2) is 10.4 Å². The molecule has 1 amide bonds. The maximum atomic E-state index is 13.2. The highest BCUT2D eigenvalue weighted by molar-refractivity contribution is 6.07. The maximum absolute atomic E-state index is 13.2. The van der Waals surface area contributed by atoms with Gasteiger partial charge in [-0.3, -0.25) is 4.79 Å². The SMILES string of the molecule is CCCCOc1cccc(-c2cc(C(=O)NN=CC(C)Cc3ccc4c(c3)OCO4)c3ccccc3n2)c1. The lowest BCUT2D eigenvalue weighted by atomic mass is 10.0. The van der Waals surface area contributed by atoms with E-state index in [0.717, 1.165) is 58.5 Å². The van der Waals surface area contributed by atoms with Crippen molar-refractivity contribution in [1.29, 1.82) is 0 Å². The van der Waals surface area contributed by atoms with Gasteiger partial charge < -0.3 is 14.2 Å². The fourth-order valence-corrected chi connectivity index (χ4v) is 4.37. The summed E-state index contributed by atoms with van der Waals surface area (Å²) in [6.45, 7) is 5.11. The topological polar surface area (TPSA) is 82.0 Å². The number of hydrogen-bond donors (Lipinski definition) is 1. The van der Waals surface area contributed by atoms with Gasteiger partial charge in [0, 0.05) is 17.2 Å². The number of nitrogens with zero attached hydrogens (tertiary/aromatic N) is 2. The molecule has 38 heavy (non-hydrogen) atoms. The summed E-state index contributed by atoms with van der Waals surface area (Å²) >= 11 is 0. The lowest BCUT2D eigenvalue weighted by molar-refractivity contribution is 0.0956. The van der Waals surface area contributed by atoms with E-state index in [9.17, 15) is 4.79 Å².